The second kappa shape index (κ2) is 6.15. The highest BCUT2D eigenvalue weighted by Crippen LogP contribution is 2.08. The number of carboxylic acid groups (broad SMARTS) is 1. The standard InChI is InChI=1S/C14H13NO3S/c16-13(11-6-7-19-9-11)15-12(14(17)18)8-10-4-2-1-3-5-10/h1-7,9,12H,8H2,(H,15,16)(H,17,18). The molecular formula is C14H13NO3S. The molecule has 2 rings (SSSR count). The molecule has 0 fully saturated rings. The minimum Gasteiger partial charge on any atom is -0.480 e. The van der Waals surface area contributed by atoms with Crippen molar-refractivity contribution in [3.8, 4) is 0 Å². The predicted molar refractivity (Wildman–Crippen MR) is 73.4 cm³/mol. The van der Waals surface area contributed by atoms with Crippen LogP contribution in [0.2, 0.25) is 0 Å². The van der Waals surface area contributed by atoms with Crippen molar-refractivity contribution >= 4 is 23.2 Å². The molecule has 0 spiro atoms. The van der Waals surface area contributed by atoms with Crippen LogP contribution in [0.15, 0.2) is 47.2 Å². The van der Waals surface area contributed by atoms with E-state index in [4.69, 9.17) is 5.11 Å². The zero-order chi connectivity index (χ0) is 13.7. The molecule has 1 atom stereocenters. The summed E-state index contributed by atoms with van der Waals surface area (Å²) in [5, 5.41) is 15.2. The number of benzene rings is 1. The summed E-state index contributed by atoms with van der Waals surface area (Å²) in [6.07, 6.45) is 0.270. The van der Waals surface area contributed by atoms with Gasteiger partial charge in [-0.15, -0.1) is 0 Å². The maximum Gasteiger partial charge on any atom is 0.326 e. The Balaban J connectivity index is 2.05. The molecule has 4 nitrogen and oxygen atoms in total. The molecule has 1 unspecified atom stereocenters. The molecule has 5 heteroatoms. The topological polar surface area (TPSA) is 66.4 Å². The van der Waals surface area contributed by atoms with Crippen LogP contribution in [-0.2, 0) is 11.2 Å². The van der Waals surface area contributed by atoms with Gasteiger partial charge in [0.1, 0.15) is 6.04 Å². The lowest BCUT2D eigenvalue weighted by molar-refractivity contribution is -0.139. The third kappa shape index (κ3) is 3.66. The fourth-order valence-corrected chi connectivity index (χ4v) is 2.32. The third-order valence-corrected chi connectivity index (χ3v) is 3.35. The molecule has 0 radical (unpaired) electrons. The minimum absolute atomic E-state index is 0.270. The van der Waals surface area contributed by atoms with Crippen LogP contribution in [0.1, 0.15) is 15.9 Å². The van der Waals surface area contributed by atoms with E-state index in [1.165, 1.54) is 11.3 Å². The summed E-state index contributed by atoms with van der Waals surface area (Å²) in [4.78, 5) is 23.0. The van der Waals surface area contributed by atoms with Gasteiger partial charge in [0.05, 0.1) is 5.56 Å². The number of amides is 1. The molecular weight excluding hydrogens is 262 g/mol. The van der Waals surface area contributed by atoms with Gasteiger partial charge in [-0.05, 0) is 17.0 Å². The van der Waals surface area contributed by atoms with E-state index in [1.807, 2.05) is 30.3 Å². The van der Waals surface area contributed by atoms with Crippen molar-refractivity contribution in [1.82, 2.24) is 5.32 Å². The van der Waals surface area contributed by atoms with Crippen LogP contribution >= 0.6 is 11.3 Å². The molecule has 0 aliphatic heterocycles. The molecule has 1 aromatic carbocycles. The van der Waals surface area contributed by atoms with Crippen LogP contribution in [0.5, 0.6) is 0 Å². The summed E-state index contributed by atoms with van der Waals surface area (Å²) in [6.45, 7) is 0. The average Bonchev–Trinajstić information content (AvgIpc) is 2.93. The first kappa shape index (κ1) is 13.3. The second-order valence-corrected chi connectivity index (χ2v) is 4.85. The zero-order valence-corrected chi connectivity index (χ0v) is 10.9. The summed E-state index contributed by atoms with van der Waals surface area (Å²) >= 11 is 1.40. The van der Waals surface area contributed by atoms with Gasteiger partial charge in [0.25, 0.3) is 5.91 Å². The summed E-state index contributed by atoms with van der Waals surface area (Å²) in [6, 6.07) is 9.98. The molecule has 2 aromatic rings. The molecule has 0 bridgehead atoms. The molecule has 0 saturated carbocycles. The van der Waals surface area contributed by atoms with Gasteiger partial charge >= 0.3 is 5.97 Å². The highest BCUT2D eigenvalue weighted by atomic mass is 32.1. The summed E-state index contributed by atoms with van der Waals surface area (Å²) in [5.41, 5.74) is 1.37. The number of carbonyl (C=O) groups is 2. The van der Waals surface area contributed by atoms with Crippen molar-refractivity contribution in [3.05, 3.63) is 58.3 Å². The lowest BCUT2D eigenvalue weighted by Gasteiger charge is -2.14. The van der Waals surface area contributed by atoms with Crippen molar-refractivity contribution in [2.45, 2.75) is 12.5 Å². The van der Waals surface area contributed by atoms with Gasteiger partial charge in [-0.25, -0.2) is 4.79 Å². The summed E-state index contributed by atoms with van der Waals surface area (Å²) in [5.74, 6) is -1.39. The van der Waals surface area contributed by atoms with Crippen molar-refractivity contribution in [3.63, 3.8) is 0 Å². The molecule has 1 aromatic heterocycles. The van der Waals surface area contributed by atoms with Gasteiger partial charge in [0.15, 0.2) is 0 Å². The molecule has 0 aliphatic carbocycles. The third-order valence-electron chi connectivity index (χ3n) is 2.67. The molecule has 2 N–H and O–H groups in total. The Bertz CT molecular complexity index is 551. The quantitative estimate of drug-likeness (QED) is 0.879. The number of carboxylic acids is 1. The average molecular weight is 275 g/mol. The number of hydrogen-bond donors (Lipinski definition) is 2. The number of thiophene rings is 1. The van der Waals surface area contributed by atoms with E-state index in [0.29, 0.717) is 5.56 Å². The van der Waals surface area contributed by atoms with E-state index in [-0.39, 0.29) is 12.3 Å². The fraction of sp³-hybridized carbons (Fsp3) is 0.143. The van der Waals surface area contributed by atoms with Crippen LogP contribution in [0.4, 0.5) is 0 Å². The monoisotopic (exact) mass is 275 g/mol. The lowest BCUT2D eigenvalue weighted by Crippen LogP contribution is -2.42. The Hall–Kier alpha value is -2.14. The number of aliphatic carboxylic acids is 1. The maximum absolute atomic E-state index is 11.8. The van der Waals surface area contributed by atoms with Gasteiger partial charge in [-0.2, -0.15) is 11.3 Å². The van der Waals surface area contributed by atoms with Crippen molar-refractivity contribution in [2.75, 3.05) is 0 Å². The number of hydrogen-bond acceptors (Lipinski definition) is 3. The normalized spacial score (nSPS) is 11.8. The summed E-state index contributed by atoms with van der Waals surface area (Å²) in [7, 11) is 0. The smallest absolute Gasteiger partial charge is 0.326 e. The van der Waals surface area contributed by atoms with Crippen LogP contribution in [0.3, 0.4) is 0 Å². The maximum atomic E-state index is 11.8. The lowest BCUT2D eigenvalue weighted by atomic mass is 10.1. The van der Waals surface area contributed by atoms with Crippen LogP contribution in [-0.4, -0.2) is 23.0 Å². The van der Waals surface area contributed by atoms with Crippen molar-refractivity contribution in [1.29, 1.82) is 0 Å². The number of rotatable bonds is 5. The Morgan fingerprint density at radius 1 is 1.21 bits per heavy atom. The Morgan fingerprint density at radius 2 is 1.95 bits per heavy atom. The van der Waals surface area contributed by atoms with E-state index in [2.05, 4.69) is 5.32 Å². The van der Waals surface area contributed by atoms with Crippen LogP contribution in [0.25, 0.3) is 0 Å². The van der Waals surface area contributed by atoms with Gasteiger partial charge in [0.2, 0.25) is 0 Å². The van der Waals surface area contributed by atoms with Gasteiger partial charge in [-0.3, -0.25) is 4.79 Å². The van der Waals surface area contributed by atoms with Crippen LogP contribution < -0.4 is 5.32 Å². The van der Waals surface area contributed by atoms with Gasteiger partial charge in [0, 0.05) is 11.8 Å². The highest BCUT2D eigenvalue weighted by Gasteiger charge is 2.21. The van der Waals surface area contributed by atoms with E-state index in [1.54, 1.807) is 16.8 Å². The summed E-state index contributed by atoms with van der Waals surface area (Å²) < 4.78 is 0. The van der Waals surface area contributed by atoms with Crippen LogP contribution in [0, 0.1) is 0 Å². The van der Waals surface area contributed by atoms with Gasteiger partial charge in [-0.1, -0.05) is 30.3 Å². The Morgan fingerprint density at radius 3 is 2.53 bits per heavy atom. The van der Waals surface area contributed by atoms with E-state index < -0.39 is 12.0 Å². The first-order chi connectivity index (χ1) is 9.16. The first-order valence-electron chi connectivity index (χ1n) is 5.76. The second-order valence-electron chi connectivity index (χ2n) is 4.07. The molecule has 0 aliphatic rings. The van der Waals surface area contributed by atoms with E-state index in [0.717, 1.165) is 5.56 Å². The number of nitrogens with one attached hydrogen (secondary N) is 1. The molecule has 98 valence electrons. The largest absolute Gasteiger partial charge is 0.480 e. The predicted octanol–water partition coefficient (Wildman–Crippen LogP) is 2.17. The molecule has 19 heavy (non-hydrogen) atoms. The van der Waals surface area contributed by atoms with E-state index in [9.17, 15) is 9.59 Å². The first-order valence-corrected chi connectivity index (χ1v) is 6.71. The van der Waals surface area contributed by atoms with E-state index >= 15 is 0 Å². The molecule has 0 saturated heterocycles. The van der Waals surface area contributed by atoms with Crippen molar-refractivity contribution < 1.29 is 14.7 Å². The van der Waals surface area contributed by atoms with Gasteiger partial charge < -0.3 is 10.4 Å². The zero-order valence-electron chi connectivity index (χ0n) is 10.1. The highest BCUT2D eigenvalue weighted by molar-refractivity contribution is 7.08. The fourth-order valence-electron chi connectivity index (χ4n) is 1.69. The van der Waals surface area contributed by atoms with Crippen molar-refractivity contribution in [2.24, 2.45) is 0 Å². The SMILES string of the molecule is O=C(NC(Cc1ccccc1)C(=O)O)c1ccsc1. The number of carbonyl (C=O) groups excluding carboxylic acids is 1. The Kier molecular flexibility index (Phi) is 4.30. The minimum atomic E-state index is -1.03. The Labute approximate surface area is 114 Å². The molecule has 1 amide bonds. The molecule has 1 heterocycles.